The lowest BCUT2D eigenvalue weighted by atomic mass is 9.73. The molecule has 4 aromatic rings. The Morgan fingerprint density at radius 1 is 1.07 bits per heavy atom. The summed E-state index contributed by atoms with van der Waals surface area (Å²) < 4.78 is 30.9. The Kier molecular flexibility index (Phi) is 8.39. The normalized spacial score (nSPS) is 29.4. The van der Waals surface area contributed by atoms with Crippen molar-refractivity contribution in [1.29, 1.82) is 0 Å². The molecule has 3 aromatic carbocycles. The standard InChI is InChI=1S/C42H46N4O10S/c1-18-11-21-12-26-41(51)46-27-14-53-15-28(49)42(40-23(9-10-44(42)4)24-13-22(48)7-8-25(24)43-40)16-57-39(33(46)32(45(26)5)29(21)34(50)35(18)52-6)31-30(27)38-37(54-17-55-38)19(2)36(31)56-20(3)47/h7-8,11,13,26-27,32-33,39,41,43,48,50-51H,9-10,12,14-17H2,1-6H3/t26-,27+,32+,33?,39+,41-,42-/m0/s1. The Morgan fingerprint density at radius 2 is 1.86 bits per heavy atom. The minimum Gasteiger partial charge on any atom is -0.508 e. The van der Waals surface area contributed by atoms with Crippen molar-refractivity contribution in [2.45, 2.75) is 74.8 Å². The number of aliphatic hydroxyl groups is 1. The van der Waals surface area contributed by atoms with Crippen LogP contribution in [0.4, 0.5) is 0 Å². The number of hydrogen-bond donors (Lipinski definition) is 4. The highest BCUT2D eigenvalue weighted by molar-refractivity contribution is 7.99. The molecule has 1 spiro atoms. The van der Waals surface area contributed by atoms with Gasteiger partial charge in [-0.1, -0.05) is 6.07 Å². The molecule has 14 nitrogen and oxygen atoms in total. The molecule has 11 rings (SSSR count). The molecule has 7 aliphatic rings. The fraction of sp³-hybridized carbons (Fsp3) is 0.476. The maximum Gasteiger partial charge on any atom is 0.308 e. The van der Waals surface area contributed by atoms with E-state index in [1.54, 1.807) is 31.0 Å². The third-order valence-corrected chi connectivity index (χ3v) is 14.9. The lowest BCUT2D eigenvalue weighted by Gasteiger charge is -2.62. The molecule has 0 amide bonds. The molecule has 0 aliphatic carbocycles. The number of Topliss-reactive ketones (excluding diaryl/α,β-unsaturated/α-hetero) is 1. The number of likely N-dealkylation sites (N-methyl/N-ethyl adjacent to an activating group) is 2. The van der Waals surface area contributed by atoms with E-state index in [-0.39, 0.29) is 49.1 Å². The van der Waals surface area contributed by atoms with Gasteiger partial charge in [-0.15, -0.1) is 11.8 Å². The molecule has 2 fully saturated rings. The van der Waals surface area contributed by atoms with E-state index in [9.17, 15) is 20.1 Å². The zero-order valence-corrected chi connectivity index (χ0v) is 33.5. The summed E-state index contributed by atoms with van der Waals surface area (Å²) in [4.78, 5) is 38.0. The number of carbonyl (C=O) groups is 2. The number of aryl methyl sites for hydroxylation is 1. The topological polar surface area (TPSA) is 166 Å². The maximum atomic E-state index is 15.0. The van der Waals surface area contributed by atoms with Crippen molar-refractivity contribution in [2.75, 3.05) is 53.5 Å². The van der Waals surface area contributed by atoms with Gasteiger partial charge in [-0.2, -0.15) is 0 Å². The molecule has 7 atom stereocenters. The van der Waals surface area contributed by atoms with E-state index in [1.165, 1.54) is 6.92 Å². The van der Waals surface area contributed by atoms with Gasteiger partial charge in [0.2, 0.25) is 6.79 Å². The van der Waals surface area contributed by atoms with Gasteiger partial charge in [0.25, 0.3) is 0 Å². The quantitative estimate of drug-likeness (QED) is 0.168. The van der Waals surface area contributed by atoms with Crippen molar-refractivity contribution in [1.82, 2.24) is 19.7 Å². The Bertz CT molecular complexity index is 2400. The number of ketones is 1. The lowest BCUT2D eigenvalue weighted by Crippen LogP contribution is -2.69. The molecule has 300 valence electrons. The molecule has 2 saturated heterocycles. The lowest BCUT2D eigenvalue weighted by molar-refractivity contribution is -0.181. The molecule has 15 heteroatoms. The van der Waals surface area contributed by atoms with Crippen LogP contribution < -0.4 is 18.9 Å². The van der Waals surface area contributed by atoms with Gasteiger partial charge in [0.05, 0.1) is 37.1 Å². The molecule has 7 aliphatic heterocycles. The number of aromatic amines is 1. The first-order valence-corrected chi connectivity index (χ1v) is 20.4. The number of aromatic hydroxyl groups is 2. The Hall–Kier alpha value is -4.51. The zero-order valence-electron chi connectivity index (χ0n) is 32.7. The number of thioether (sulfide) groups is 1. The number of esters is 1. The average Bonchev–Trinajstić information content (AvgIpc) is 3.80. The van der Waals surface area contributed by atoms with E-state index >= 15 is 4.79 Å². The number of nitrogens with zero attached hydrogens (tertiary/aromatic N) is 3. The van der Waals surface area contributed by atoms with Crippen LogP contribution in [0.1, 0.15) is 68.9 Å². The number of phenols is 2. The molecule has 0 radical (unpaired) electrons. The average molecular weight is 799 g/mol. The van der Waals surface area contributed by atoms with Gasteiger partial charge in [-0.05, 0) is 75.7 Å². The Labute approximate surface area is 333 Å². The Morgan fingerprint density at radius 3 is 2.63 bits per heavy atom. The molecular weight excluding hydrogens is 753 g/mol. The van der Waals surface area contributed by atoms with Crippen molar-refractivity contribution in [3.05, 3.63) is 68.9 Å². The van der Waals surface area contributed by atoms with Crippen LogP contribution >= 0.6 is 11.8 Å². The van der Waals surface area contributed by atoms with Gasteiger partial charge in [-0.3, -0.25) is 24.3 Å². The molecule has 57 heavy (non-hydrogen) atoms. The number of phenolic OH excluding ortho intramolecular Hbond substituents is 2. The number of hydrogen-bond acceptors (Lipinski definition) is 14. The van der Waals surface area contributed by atoms with Crippen LogP contribution in [-0.4, -0.2) is 119 Å². The first-order valence-electron chi connectivity index (χ1n) is 19.4. The predicted molar refractivity (Wildman–Crippen MR) is 209 cm³/mol. The second-order valence-corrected chi connectivity index (χ2v) is 17.4. The third kappa shape index (κ3) is 4.96. The molecule has 0 saturated carbocycles. The van der Waals surface area contributed by atoms with Crippen LogP contribution in [0.25, 0.3) is 10.9 Å². The largest absolute Gasteiger partial charge is 0.508 e. The number of aromatic nitrogens is 1. The van der Waals surface area contributed by atoms with Crippen molar-refractivity contribution >= 4 is 34.4 Å². The first-order chi connectivity index (χ1) is 27.4. The van der Waals surface area contributed by atoms with E-state index in [2.05, 4.69) is 19.7 Å². The van der Waals surface area contributed by atoms with Gasteiger partial charge in [0, 0.05) is 64.1 Å². The van der Waals surface area contributed by atoms with Gasteiger partial charge < -0.3 is 44.0 Å². The van der Waals surface area contributed by atoms with E-state index in [0.29, 0.717) is 64.6 Å². The molecule has 1 aromatic heterocycles. The molecule has 4 bridgehead atoms. The van der Waals surface area contributed by atoms with Gasteiger partial charge in [0.15, 0.2) is 28.8 Å². The Balaban J connectivity index is 1.25. The SMILES string of the molecule is COc1c(C)cc2c(c1O)[C@@H]1C3[C@@H]4SC[C@]5(C(=O)COC[C@H](c6c7c(c(C)c(OC(C)=O)c64)OCO7)N3[C@@H](O)[C@H](C2)N1C)c1[nH]c2ccc(O)cc2c1CCN5C. The number of H-pyrrole nitrogens is 1. The highest BCUT2D eigenvalue weighted by Crippen LogP contribution is 2.64. The van der Waals surface area contributed by atoms with E-state index in [1.807, 2.05) is 40.1 Å². The number of methoxy groups -OCH3 is 1. The second-order valence-electron chi connectivity index (χ2n) is 16.2. The fourth-order valence-corrected chi connectivity index (χ4v) is 12.8. The van der Waals surface area contributed by atoms with Gasteiger partial charge in [0.1, 0.15) is 29.9 Å². The van der Waals surface area contributed by atoms with E-state index < -0.39 is 41.1 Å². The van der Waals surface area contributed by atoms with Crippen molar-refractivity contribution in [3.63, 3.8) is 0 Å². The number of piperazine rings is 1. The zero-order chi connectivity index (χ0) is 39.8. The van der Waals surface area contributed by atoms with Crippen molar-refractivity contribution in [3.8, 4) is 34.5 Å². The number of benzene rings is 3. The summed E-state index contributed by atoms with van der Waals surface area (Å²) in [6, 6.07) is 5.18. The van der Waals surface area contributed by atoms with Crippen LogP contribution in [0.15, 0.2) is 24.3 Å². The van der Waals surface area contributed by atoms with Crippen LogP contribution in [0.5, 0.6) is 34.5 Å². The fourth-order valence-electron chi connectivity index (χ4n) is 11.0. The minimum atomic E-state index is -1.19. The van der Waals surface area contributed by atoms with Gasteiger partial charge >= 0.3 is 5.97 Å². The summed E-state index contributed by atoms with van der Waals surface area (Å²) >= 11 is 1.56. The van der Waals surface area contributed by atoms with E-state index in [0.717, 1.165) is 33.3 Å². The predicted octanol–water partition coefficient (Wildman–Crippen LogP) is 4.27. The van der Waals surface area contributed by atoms with Gasteiger partial charge in [-0.25, -0.2) is 0 Å². The molecule has 4 N–H and O–H groups in total. The summed E-state index contributed by atoms with van der Waals surface area (Å²) in [5.74, 6) is 1.52. The number of carbonyl (C=O) groups excluding carboxylic acids is 2. The summed E-state index contributed by atoms with van der Waals surface area (Å²) in [6.07, 6.45) is 0.127. The number of rotatable bonds is 2. The van der Waals surface area contributed by atoms with Crippen molar-refractivity contribution in [2.24, 2.45) is 0 Å². The molecule has 8 heterocycles. The summed E-state index contributed by atoms with van der Waals surface area (Å²) in [5, 5.41) is 35.6. The van der Waals surface area contributed by atoms with E-state index in [4.69, 9.17) is 23.7 Å². The molecule has 1 unspecified atom stereocenters. The number of nitrogens with one attached hydrogen (secondary N) is 1. The maximum absolute atomic E-state index is 15.0. The highest BCUT2D eigenvalue weighted by Gasteiger charge is 2.61. The number of ether oxygens (including phenoxy) is 5. The summed E-state index contributed by atoms with van der Waals surface area (Å²) in [6.45, 7) is 5.44. The third-order valence-electron chi connectivity index (χ3n) is 13.5. The van der Waals surface area contributed by atoms with Crippen LogP contribution in [-0.2, 0) is 32.7 Å². The number of aliphatic hydroxyl groups excluding tert-OH is 1. The number of fused-ring (bicyclic) bond motifs is 12. The summed E-state index contributed by atoms with van der Waals surface area (Å²) in [5.41, 5.74) is 5.79. The van der Waals surface area contributed by atoms with Crippen LogP contribution in [0, 0.1) is 13.8 Å². The molecular formula is C42H46N4O10S. The minimum absolute atomic E-state index is 0.00546. The summed E-state index contributed by atoms with van der Waals surface area (Å²) in [7, 11) is 5.49. The van der Waals surface area contributed by atoms with Crippen molar-refractivity contribution < 1.29 is 48.6 Å². The van der Waals surface area contributed by atoms with Crippen LogP contribution in [0.3, 0.4) is 0 Å². The van der Waals surface area contributed by atoms with Crippen LogP contribution in [0.2, 0.25) is 0 Å². The first kappa shape index (κ1) is 36.8. The second kappa shape index (κ2) is 13.0. The monoisotopic (exact) mass is 798 g/mol. The smallest absolute Gasteiger partial charge is 0.308 e. The highest BCUT2D eigenvalue weighted by atomic mass is 32.2.